The summed E-state index contributed by atoms with van der Waals surface area (Å²) >= 11 is 7.46. The van der Waals surface area contributed by atoms with Crippen molar-refractivity contribution >= 4 is 28.6 Å². The lowest BCUT2D eigenvalue weighted by molar-refractivity contribution is 1.09. The first-order valence-electron chi connectivity index (χ1n) is 4.50. The summed E-state index contributed by atoms with van der Waals surface area (Å²) < 4.78 is 0. The van der Waals surface area contributed by atoms with E-state index >= 15 is 0 Å². The summed E-state index contributed by atoms with van der Waals surface area (Å²) in [6.45, 7) is 2.66. The molecule has 78 valence electrons. The standard InChI is InChI=1S/C10H10ClN3S/c1-7-4-8(5-14-10(7)11)13-6-9-12-2-3-15-9/h2-5,13H,6H2,1H3. The third kappa shape index (κ3) is 2.67. The quantitative estimate of drug-likeness (QED) is 0.837. The molecule has 2 aromatic heterocycles. The van der Waals surface area contributed by atoms with Gasteiger partial charge in [0, 0.05) is 11.6 Å². The predicted molar refractivity (Wildman–Crippen MR) is 63.4 cm³/mol. The van der Waals surface area contributed by atoms with E-state index in [4.69, 9.17) is 11.6 Å². The number of aryl methyl sites for hydroxylation is 1. The van der Waals surface area contributed by atoms with Crippen LogP contribution in [0.25, 0.3) is 0 Å². The van der Waals surface area contributed by atoms with Crippen LogP contribution in [0.5, 0.6) is 0 Å². The van der Waals surface area contributed by atoms with Crippen LogP contribution in [0.2, 0.25) is 5.15 Å². The molecule has 0 aromatic carbocycles. The Morgan fingerprint density at radius 1 is 1.47 bits per heavy atom. The van der Waals surface area contributed by atoms with Gasteiger partial charge in [-0.1, -0.05) is 11.6 Å². The average molecular weight is 240 g/mol. The Labute approximate surface area is 97.2 Å². The molecule has 0 saturated heterocycles. The molecule has 0 aliphatic rings. The number of halogens is 1. The van der Waals surface area contributed by atoms with Crippen molar-refractivity contribution in [1.82, 2.24) is 9.97 Å². The molecule has 0 spiro atoms. The maximum absolute atomic E-state index is 5.83. The van der Waals surface area contributed by atoms with Crippen molar-refractivity contribution in [2.75, 3.05) is 5.32 Å². The minimum Gasteiger partial charge on any atom is -0.377 e. The first-order chi connectivity index (χ1) is 7.25. The van der Waals surface area contributed by atoms with Crippen LogP contribution in [0.3, 0.4) is 0 Å². The van der Waals surface area contributed by atoms with Crippen LogP contribution in [0.4, 0.5) is 5.69 Å². The molecule has 2 heterocycles. The highest BCUT2D eigenvalue weighted by Gasteiger charge is 1.99. The van der Waals surface area contributed by atoms with Crippen LogP contribution in [0, 0.1) is 6.92 Å². The third-order valence-electron chi connectivity index (χ3n) is 1.94. The van der Waals surface area contributed by atoms with E-state index in [0.717, 1.165) is 22.8 Å². The number of pyridine rings is 1. The van der Waals surface area contributed by atoms with Crippen molar-refractivity contribution in [2.24, 2.45) is 0 Å². The highest BCUT2D eigenvalue weighted by Crippen LogP contribution is 2.17. The Morgan fingerprint density at radius 2 is 2.33 bits per heavy atom. The van der Waals surface area contributed by atoms with Gasteiger partial charge in [0.25, 0.3) is 0 Å². The fraction of sp³-hybridized carbons (Fsp3) is 0.200. The van der Waals surface area contributed by atoms with Gasteiger partial charge in [-0.25, -0.2) is 9.97 Å². The van der Waals surface area contributed by atoms with Gasteiger partial charge in [0.1, 0.15) is 10.2 Å². The maximum Gasteiger partial charge on any atom is 0.132 e. The summed E-state index contributed by atoms with van der Waals surface area (Å²) in [7, 11) is 0. The van der Waals surface area contributed by atoms with Crippen molar-refractivity contribution in [3.8, 4) is 0 Å². The molecule has 0 aliphatic carbocycles. The molecule has 0 aliphatic heterocycles. The smallest absolute Gasteiger partial charge is 0.132 e. The topological polar surface area (TPSA) is 37.8 Å². The number of hydrogen-bond donors (Lipinski definition) is 1. The predicted octanol–water partition coefficient (Wildman–Crippen LogP) is 3.11. The maximum atomic E-state index is 5.83. The van der Waals surface area contributed by atoms with Crippen LogP contribution in [-0.2, 0) is 6.54 Å². The molecule has 0 fully saturated rings. The van der Waals surface area contributed by atoms with Gasteiger partial charge in [-0.2, -0.15) is 0 Å². The lowest BCUT2D eigenvalue weighted by Gasteiger charge is -2.05. The molecule has 2 aromatic rings. The summed E-state index contributed by atoms with van der Waals surface area (Å²) in [5.41, 5.74) is 1.94. The van der Waals surface area contributed by atoms with Gasteiger partial charge < -0.3 is 5.32 Å². The molecule has 1 N–H and O–H groups in total. The Hall–Kier alpha value is -1.13. The molecule has 5 heteroatoms. The van der Waals surface area contributed by atoms with Crippen LogP contribution in [0.1, 0.15) is 10.6 Å². The van der Waals surface area contributed by atoms with Gasteiger partial charge in [-0.15, -0.1) is 11.3 Å². The van der Waals surface area contributed by atoms with Crippen molar-refractivity contribution in [2.45, 2.75) is 13.5 Å². The lowest BCUT2D eigenvalue weighted by atomic mass is 10.3. The molecule has 15 heavy (non-hydrogen) atoms. The molecule has 0 atom stereocenters. The van der Waals surface area contributed by atoms with E-state index < -0.39 is 0 Å². The molecule has 0 saturated carbocycles. The van der Waals surface area contributed by atoms with Crippen LogP contribution < -0.4 is 5.32 Å². The van der Waals surface area contributed by atoms with E-state index in [1.54, 1.807) is 23.7 Å². The molecule has 0 unspecified atom stereocenters. The summed E-state index contributed by atoms with van der Waals surface area (Å²) in [6, 6.07) is 1.98. The lowest BCUT2D eigenvalue weighted by Crippen LogP contribution is -1.99. The minimum atomic E-state index is 0.551. The van der Waals surface area contributed by atoms with E-state index in [1.807, 2.05) is 18.4 Å². The highest BCUT2D eigenvalue weighted by molar-refractivity contribution is 7.09. The number of hydrogen-bond acceptors (Lipinski definition) is 4. The Bertz CT molecular complexity index is 442. The van der Waals surface area contributed by atoms with E-state index in [1.165, 1.54) is 0 Å². The number of aromatic nitrogens is 2. The van der Waals surface area contributed by atoms with E-state index in [0.29, 0.717) is 5.15 Å². The number of anilines is 1. The zero-order valence-electron chi connectivity index (χ0n) is 8.20. The highest BCUT2D eigenvalue weighted by atomic mass is 35.5. The van der Waals surface area contributed by atoms with Gasteiger partial charge in [-0.05, 0) is 18.6 Å². The van der Waals surface area contributed by atoms with Crippen LogP contribution in [0.15, 0.2) is 23.8 Å². The molecule has 0 bridgehead atoms. The van der Waals surface area contributed by atoms with Crippen molar-refractivity contribution in [1.29, 1.82) is 0 Å². The largest absolute Gasteiger partial charge is 0.377 e. The van der Waals surface area contributed by atoms with Crippen LogP contribution >= 0.6 is 22.9 Å². The second kappa shape index (κ2) is 4.59. The van der Waals surface area contributed by atoms with E-state index in [9.17, 15) is 0 Å². The summed E-state index contributed by atoms with van der Waals surface area (Å²) in [4.78, 5) is 8.25. The molecular formula is C10H10ClN3S. The van der Waals surface area contributed by atoms with Gasteiger partial charge in [-0.3, -0.25) is 0 Å². The minimum absolute atomic E-state index is 0.551. The summed E-state index contributed by atoms with van der Waals surface area (Å²) in [5, 5.41) is 6.81. The zero-order chi connectivity index (χ0) is 10.7. The second-order valence-electron chi connectivity index (χ2n) is 3.11. The molecule has 2 rings (SSSR count). The number of rotatable bonds is 3. The van der Waals surface area contributed by atoms with Crippen molar-refractivity contribution in [3.63, 3.8) is 0 Å². The number of nitrogens with zero attached hydrogens (tertiary/aromatic N) is 2. The zero-order valence-corrected chi connectivity index (χ0v) is 9.77. The SMILES string of the molecule is Cc1cc(NCc2nccs2)cnc1Cl. The first kappa shape index (κ1) is 10.4. The Balaban J connectivity index is 2.02. The van der Waals surface area contributed by atoms with Crippen LogP contribution in [-0.4, -0.2) is 9.97 Å². The van der Waals surface area contributed by atoms with Crippen molar-refractivity contribution in [3.05, 3.63) is 39.6 Å². The Morgan fingerprint density at radius 3 is 3.00 bits per heavy atom. The average Bonchev–Trinajstić information content (AvgIpc) is 2.73. The van der Waals surface area contributed by atoms with E-state index in [2.05, 4.69) is 15.3 Å². The number of thiazole rings is 1. The third-order valence-corrected chi connectivity index (χ3v) is 3.12. The van der Waals surface area contributed by atoms with E-state index in [-0.39, 0.29) is 0 Å². The normalized spacial score (nSPS) is 10.3. The summed E-state index contributed by atoms with van der Waals surface area (Å²) in [6.07, 6.45) is 3.52. The second-order valence-corrected chi connectivity index (χ2v) is 4.45. The fourth-order valence-electron chi connectivity index (χ4n) is 1.17. The summed E-state index contributed by atoms with van der Waals surface area (Å²) in [5.74, 6) is 0. The monoisotopic (exact) mass is 239 g/mol. The van der Waals surface area contributed by atoms with Gasteiger partial charge >= 0.3 is 0 Å². The van der Waals surface area contributed by atoms with Gasteiger partial charge in [0.05, 0.1) is 18.4 Å². The van der Waals surface area contributed by atoms with Gasteiger partial charge in [0.2, 0.25) is 0 Å². The molecule has 0 amide bonds. The molecule has 3 nitrogen and oxygen atoms in total. The fourth-order valence-corrected chi connectivity index (χ4v) is 1.83. The van der Waals surface area contributed by atoms with Gasteiger partial charge in [0.15, 0.2) is 0 Å². The Kier molecular flexibility index (Phi) is 3.18. The van der Waals surface area contributed by atoms with Crippen molar-refractivity contribution < 1.29 is 0 Å². The molecule has 0 radical (unpaired) electrons. The first-order valence-corrected chi connectivity index (χ1v) is 5.76. The molecular weight excluding hydrogens is 230 g/mol. The number of nitrogens with one attached hydrogen (secondary N) is 1.